The van der Waals surface area contributed by atoms with Gasteiger partial charge in [-0.25, -0.2) is 8.42 Å². The first-order valence-electron chi connectivity index (χ1n) is 17.0. The molecule has 5 atom stereocenters. The molecule has 0 aromatic heterocycles. The van der Waals surface area contributed by atoms with Crippen LogP contribution in [0.3, 0.4) is 0 Å². The van der Waals surface area contributed by atoms with Crippen LogP contribution in [0.15, 0.2) is 108 Å². The molecule has 4 aromatic carbocycles. The summed E-state index contributed by atoms with van der Waals surface area (Å²) in [6, 6.07) is 29.8. The lowest BCUT2D eigenvalue weighted by atomic mass is 9.90. The van der Waals surface area contributed by atoms with Crippen molar-refractivity contribution in [3.8, 4) is 0 Å². The largest absolute Gasteiger partial charge is 0.392 e. The van der Waals surface area contributed by atoms with Crippen molar-refractivity contribution in [3.63, 3.8) is 0 Å². The molecular weight excluding hydrogens is 655 g/mol. The number of carbonyl (C=O) groups is 1. The number of sulfonamides is 1. The van der Waals surface area contributed by atoms with Crippen LogP contribution < -0.4 is 10.0 Å². The van der Waals surface area contributed by atoms with E-state index in [1.807, 2.05) is 73.7 Å². The molecule has 11 heteroatoms. The number of aliphatic hydroxyl groups excluding tert-OH is 1. The van der Waals surface area contributed by atoms with Crippen molar-refractivity contribution in [2.24, 2.45) is 5.92 Å². The summed E-state index contributed by atoms with van der Waals surface area (Å²) >= 11 is 0. The minimum Gasteiger partial charge on any atom is -0.392 e. The zero-order valence-electron chi connectivity index (χ0n) is 28.4. The zero-order valence-corrected chi connectivity index (χ0v) is 29.2. The molecule has 4 aromatic rings. The van der Waals surface area contributed by atoms with Gasteiger partial charge in [-0.05, 0) is 54.3 Å². The Labute approximate surface area is 294 Å². The second-order valence-corrected chi connectivity index (χ2v) is 14.7. The number of carbonyl (C=O) groups excluding carboxylic acids is 1. The summed E-state index contributed by atoms with van der Waals surface area (Å²) in [5.74, 6) is -0.425. The van der Waals surface area contributed by atoms with Gasteiger partial charge in [-0.15, -0.1) is 0 Å². The Morgan fingerprint density at radius 2 is 1.52 bits per heavy atom. The Bertz CT molecular complexity index is 1800. The summed E-state index contributed by atoms with van der Waals surface area (Å²) in [5.41, 5.74) is 4.90. The fourth-order valence-corrected chi connectivity index (χ4v) is 7.53. The van der Waals surface area contributed by atoms with E-state index in [-0.39, 0.29) is 36.0 Å². The fraction of sp³-hybridized carbons (Fsp3) is 0.359. The molecule has 0 spiro atoms. The van der Waals surface area contributed by atoms with E-state index >= 15 is 0 Å². The van der Waals surface area contributed by atoms with Gasteiger partial charge in [-0.2, -0.15) is 4.72 Å². The predicted octanol–water partition coefficient (Wildman–Crippen LogP) is 5.14. The smallest absolute Gasteiger partial charge is 0.242 e. The van der Waals surface area contributed by atoms with E-state index in [1.54, 1.807) is 24.3 Å². The molecule has 6 rings (SSSR count). The maximum atomic E-state index is 13.7. The summed E-state index contributed by atoms with van der Waals surface area (Å²) in [5, 5.41) is 12.5. The summed E-state index contributed by atoms with van der Waals surface area (Å²) in [7, 11) is -3.97. The second-order valence-electron chi connectivity index (χ2n) is 13.0. The SMILES string of the molecule is Cc1ccc(S(=O)(=O)N[C@H](Cc2ccccc2)C(=O)Nc2ccc([C@H]3O[C@@H](CN4CCOCC4)[C@@H](C)[C@@H](c4ccc(CO)cc4)O3)cc2)cc1. The van der Waals surface area contributed by atoms with Gasteiger partial charge in [0.2, 0.25) is 15.9 Å². The second kappa shape index (κ2) is 16.4. The molecule has 0 radical (unpaired) electrons. The van der Waals surface area contributed by atoms with E-state index in [0.29, 0.717) is 18.9 Å². The molecule has 264 valence electrons. The summed E-state index contributed by atoms with van der Waals surface area (Å²) < 4.78 is 48.0. The first kappa shape index (κ1) is 35.9. The summed E-state index contributed by atoms with van der Waals surface area (Å²) in [6.07, 6.45) is -0.846. The number of aryl methyl sites for hydroxylation is 1. The van der Waals surface area contributed by atoms with Gasteiger partial charge in [0.05, 0.1) is 36.9 Å². The molecular formula is C39H45N3O7S. The van der Waals surface area contributed by atoms with Gasteiger partial charge in [0.1, 0.15) is 6.04 Å². The number of aliphatic hydroxyl groups is 1. The third-order valence-electron chi connectivity index (χ3n) is 9.34. The van der Waals surface area contributed by atoms with Crippen LogP contribution in [0.5, 0.6) is 0 Å². The highest BCUT2D eigenvalue weighted by atomic mass is 32.2. The first-order chi connectivity index (χ1) is 24.2. The Hall–Kier alpha value is -3.94. The minimum absolute atomic E-state index is 0.0265. The standard InChI is InChI=1S/C39H45N3O7S/c1-27-8-18-34(19-9-27)50(45,46)41-35(24-29-6-4-3-5-7-29)38(44)40-33-16-14-32(15-17-33)39-48-36(25-42-20-22-47-23-21-42)28(2)37(49-39)31-12-10-30(26-43)11-13-31/h3-19,28,35-37,39,41,43H,20-26H2,1-2H3,(H,40,44)/t28-,35-,36+,37+,39+/m1/s1. The average Bonchev–Trinajstić information content (AvgIpc) is 3.13. The highest BCUT2D eigenvalue weighted by Gasteiger charge is 2.39. The van der Waals surface area contributed by atoms with Gasteiger partial charge < -0.3 is 24.6 Å². The van der Waals surface area contributed by atoms with Crippen molar-refractivity contribution in [1.82, 2.24) is 9.62 Å². The number of amides is 1. The summed E-state index contributed by atoms with van der Waals surface area (Å²) in [6.45, 7) is 7.81. The van der Waals surface area contributed by atoms with Crippen LogP contribution >= 0.6 is 0 Å². The zero-order chi connectivity index (χ0) is 35.1. The molecule has 0 saturated carbocycles. The quantitative estimate of drug-likeness (QED) is 0.186. The van der Waals surface area contributed by atoms with E-state index in [0.717, 1.165) is 47.5 Å². The van der Waals surface area contributed by atoms with Crippen molar-refractivity contribution in [2.75, 3.05) is 38.2 Å². The molecule has 1 amide bonds. The van der Waals surface area contributed by atoms with Gasteiger partial charge in [0.25, 0.3) is 0 Å². The lowest BCUT2D eigenvalue weighted by Gasteiger charge is -2.43. The molecule has 2 heterocycles. The Morgan fingerprint density at radius 1 is 0.860 bits per heavy atom. The van der Waals surface area contributed by atoms with Crippen molar-refractivity contribution >= 4 is 21.6 Å². The molecule has 0 bridgehead atoms. The predicted molar refractivity (Wildman–Crippen MR) is 191 cm³/mol. The van der Waals surface area contributed by atoms with Crippen molar-refractivity contribution < 1.29 is 32.5 Å². The third-order valence-corrected chi connectivity index (χ3v) is 10.8. The highest BCUT2D eigenvalue weighted by Crippen LogP contribution is 2.42. The lowest BCUT2D eigenvalue weighted by molar-refractivity contribution is -0.277. The number of hydrogen-bond acceptors (Lipinski definition) is 8. The van der Waals surface area contributed by atoms with Gasteiger partial charge in [-0.3, -0.25) is 9.69 Å². The van der Waals surface area contributed by atoms with Gasteiger partial charge in [-0.1, -0.05) is 91.3 Å². The number of hydrogen-bond donors (Lipinski definition) is 3. The van der Waals surface area contributed by atoms with Crippen molar-refractivity contribution in [2.45, 2.75) is 56.3 Å². The minimum atomic E-state index is -3.97. The molecule has 0 unspecified atom stereocenters. The number of morpholine rings is 1. The Kier molecular flexibility index (Phi) is 11.8. The van der Waals surface area contributed by atoms with Crippen LogP contribution in [0.25, 0.3) is 0 Å². The third kappa shape index (κ3) is 9.04. The number of anilines is 1. The van der Waals surface area contributed by atoms with Gasteiger partial charge in [0, 0.05) is 36.8 Å². The Balaban J connectivity index is 1.19. The molecule has 10 nitrogen and oxygen atoms in total. The van der Waals surface area contributed by atoms with Crippen molar-refractivity contribution in [1.29, 1.82) is 0 Å². The van der Waals surface area contributed by atoms with E-state index < -0.39 is 28.3 Å². The molecule has 0 aliphatic carbocycles. The van der Waals surface area contributed by atoms with Crippen LogP contribution in [0, 0.1) is 12.8 Å². The van der Waals surface area contributed by atoms with Crippen LogP contribution in [0.2, 0.25) is 0 Å². The molecule has 2 aliphatic heterocycles. The number of nitrogens with zero attached hydrogens (tertiary/aromatic N) is 1. The van der Waals surface area contributed by atoms with E-state index in [1.165, 1.54) is 12.1 Å². The molecule has 50 heavy (non-hydrogen) atoms. The van der Waals surface area contributed by atoms with Gasteiger partial charge in [0.15, 0.2) is 6.29 Å². The highest BCUT2D eigenvalue weighted by molar-refractivity contribution is 7.89. The number of nitrogens with one attached hydrogen (secondary N) is 2. The van der Waals surface area contributed by atoms with Gasteiger partial charge >= 0.3 is 0 Å². The molecule has 2 saturated heterocycles. The topological polar surface area (TPSA) is 126 Å². The summed E-state index contributed by atoms with van der Waals surface area (Å²) in [4.78, 5) is 16.1. The van der Waals surface area contributed by atoms with Crippen LogP contribution in [-0.4, -0.2) is 69.3 Å². The maximum absolute atomic E-state index is 13.7. The van der Waals surface area contributed by atoms with E-state index in [2.05, 4.69) is 21.9 Å². The fourth-order valence-electron chi connectivity index (χ4n) is 6.33. The van der Waals surface area contributed by atoms with Crippen molar-refractivity contribution in [3.05, 3.63) is 131 Å². The van der Waals surface area contributed by atoms with E-state index in [4.69, 9.17) is 14.2 Å². The van der Waals surface area contributed by atoms with Crippen LogP contribution in [0.1, 0.15) is 47.1 Å². The maximum Gasteiger partial charge on any atom is 0.242 e. The average molecular weight is 700 g/mol. The first-order valence-corrected chi connectivity index (χ1v) is 18.5. The normalized spacial score (nSPS) is 22.1. The number of benzene rings is 4. The van der Waals surface area contributed by atoms with E-state index in [9.17, 15) is 18.3 Å². The number of ether oxygens (including phenoxy) is 3. The molecule has 2 aliphatic rings. The Morgan fingerprint density at radius 3 is 2.18 bits per heavy atom. The number of rotatable bonds is 12. The monoisotopic (exact) mass is 699 g/mol. The lowest BCUT2D eigenvalue weighted by Crippen LogP contribution is -2.47. The molecule has 2 fully saturated rings. The van der Waals surface area contributed by atoms with Crippen LogP contribution in [0.4, 0.5) is 5.69 Å². The van der Waals surface area contributed by atoms with Crippen LogP contribution in [-0.2, 0) is 42.1 Å². The molecule has 3 N–H and O–H groups in total.